The van der Waals surface area contributed by atoms with Gasteiger partial charge in [0.2, 0.25) is 0 Å². The number of benzene rings is 2. The Morgan fingerprint density at radius 3 is 2.64 bits per heavy atom. The van der Waals surface area contributed by atoms with Crippen LogP contribution in [0.5, 0.6) is 11.5 Å². The number of anilines is 1. The third-order valence-electron chi connectivity index (χ3n) is 3.47. The number of halogens is 1. The molecule has 6 nitrogen and oxygen atoms in total. The second kappa shape index (κ2) is 7.90. The van der Waals surface area contributed by atoms with Crippen molar-refractivity contribution in [2.24, 2.45) is 0 Å². The van der Waals surface area contributed by atoms with E-state index in [1.807, 2.05) is 0 Å². The van der Waals surface area contributed by atoms with Crippen LogP contribution in [0.1, 0.15) is 5.56 Å². The highest BCUT2D eigenvalue weighted by molar-refractivity contribution is 6.33. The van der Waals surface area contributed by atoms with E-state index in [9.17, 15) is 9.59 Å². The number of amides is 1. The number of esters is 1. The van der Waals surface area contributed by atoms with Crippen LogP contribution in [-0.2, 0) is 20.7 Å². The molecular weight excluding hydrogens is 346 g/mol. The molecule has 1 aliphatic heterocycles. The molecule has 3 rings (SSSR count). The maximum absolute atomic E-state index is 11.9. The minimum Gasteiger partial charge on any atom is -0.486 e. The molecule has 0 spiro atoms. The van der Waals surface area contributed by atoms with E-state index >= 15 is 0 Å². The van der Waals surface area contributed by atoms with Crippen LogP contribution in [-0.4, -0.2) is 31.7 Å². The summed E-state index contributed by atoms with van der Waals surface area (Å²) < 4.78 is 15.9. The van der Waals surface area contributed by atoms with Crippen LogP contribution < -0.4 is 14.8 Å². The van der Waals surface area contributed by atoms with Gasteiger partial charge in [-0.15, -0.1) is 0 Å². The molecule has 130 valence electrons. The Bertz CT molecular complexity index is 793. The molecule has 0 atom stereocenters. The molecule has 1 heterocycles. The van der Waals surface area contributed by atoms with Gasteiger partial charge < -0.3 is 19.5 Å². The fraction of sp³-hybridized carbons (Fsp3) is 0.222. The van der Waals surface area contributed by atoms with E-state index in [0.717, 1.165) is 5.56 Å². The maximum atomic E-state index is 11.9. The second-order valence-corrected chi connectivity index (χ2v) is 5.75. The van der Waals surface area contributed by atoms with Crippen molar-refractivity contribution in [1.29, 1.82) is 0 Å². The zero-order chi connectivity index (χ0) is 17.6. The molecule has 0 bridgehead atoms. The predicted molar refractivity (Wildman–Crippen MR) is 92.2 cm³/mol. The predicted octanol–water partition coefficient (Wildman–Crippen LogP) is 2.84. The first kappa shape index (κ1) is 17.1. The minimum atomic E-state index is -0.508. The lowest BCUT2D eigenvalue weighted by Crippen LogP contribution is -2.22. The quantitative estimate of drug-likeness (QED) is 0.829. The lowest BCUT2D eigenvalue weighted by molar-refractivity contribution is -0.146. The van der Waals surface area contributed by atoms with Gasteiger partial charge in [-0.1, -0.05) is 29.8 Å². The highest BCUT2D eigenvalue weighted by atomic mass is 35.5. The van der Waals surface area contributed by atoms with Gasteiger partial charge in [0.25, 0.3) is 5.91 Å². The number of ether oxygens (including phenoxy) is 3. The van der Waals surface area contributed by atoms with E-state index in [-0.39, 0.29) is 13.0 Å². The Kier molecular flexibility index (Phi) is 5.40. The number of hydrogen-bond donors (Lipinski definition) is 1. The van der Waals surface area contributed by atoms with Gasteiger partial charge >= 0.3 is 5.97 Å². The second-order valence-electron chi connectivity index (χ2n) is 5.34. The molecule has 0 fully saturated rings. The van der Waals surface area contributed by atoms with Crippen molar-refractivity contribution in [3.63, 3.8) is 0 Å². The molecule has 0 aromatic heterocycles. The van der Waals surface area contributed by atoms with E-state index in [1.165, 1.54) is 0 Å². The summed E-state index contributed by atoms with van der Waals surface area (Å²) in [7, 11) is 0. The summed E-state index contributed by atoms with van der Waals surface area (Å²) in [5.41, 5.74) is 1.19. The normalized spacial score (nSPS) is 12.4. The SMILES string of the molecule is O=C(COC(=O)Cc1ccc2c(c1)OCCO2)Nc1ccccc1Cl. The van der Waals surface area contributed by atoms with Crippen molar-refractivity contribution in [1.82, 2.24) is 0 Å². The summed E-state index contributed by atoms with van der Waals surface area (Å²) in [5, 5.41) is 3.00. The van der Waals surface area contributed by atoms with Crippen LogP contribution in [0.25, 0.3) is 0 Å². The molecule has 0 saturated carbocycles. The number of fused-ring (bicyclic) bond motifs is 1. The van der Waals surface area contributed by atoms with E-state index < -0.39 is 11.9 Å². The molecule has 1 aliphatic rings. The summed E-state index contributed by atoms with van der Waals surface area (Å²) in [4.78, 5) is 23.7. The van der Waals surface area contributed by atoms with Crippen LogP contribution in [0.3, 0.4) is 0 Å². The number of nitrogens with one attached hydrogen (secondary N) is 1. The molecule has 2 aromatic rings. The standard InChI is InChI=1S/C18H16ClNO5/c19-13-3-1-2-4-14(13)20-17(21)11-25-18(22)10-12-5-6-15-16(9-12)24-8-7-23-15/h1-6,9H,7-8,10-11H2,(H,20,21). The van der Waals surface area contributed by atoms with Crippen molar-refractivity contribution < 1.29 is 23.8 Å². The zero-order valence-electron chi connectivity index (χ0n) is 13.3. The molecule has 0 unspecified atom stereocenters. The zero-order valence-corrected chi connectivity index (χ0v) is 14.0. The molecule has 25 heavy (non-hydrogen) atoms. The van der Waals surface area contributed by atoms with Crippen LogP contribution in [0, 0.1) is 0 Å². The average molecular weight is 362 g/mol. The summed E-state index contributed by atoms with van der Waals surface area (Å²) in [6, 6.07) is 12.1. The van der Waals surface area contributed by atoms with Crippen molar-refractivity contribution >= 4 is 29.2 Å². The first-order chi connectivity index (χ1) is 12.1. The first-order valence-electron chi connectivity index (χ1n) is 7.70. The topological polar surface area (TPSA) is 73.9 Å². The van der Waals surface area contributed by atoms with E-state index in [0.29, 0.717) is 35.4 Å². The van der Waals surface area contributed by atoms with Crippen molar-refractivity contribution in [2.75, 3.05) is 25.1 Å². The number of para-hydroxylation sites is 1. The van der Waals surface area contributed by atoms with Gasteiger partial charge in [-0.2, -0.15) is 0 Å². The molecule has 0 saturated heterocycles. The van der Waals surface area contributed by atoms with Crippen LogP contribution in [0.2, 0.25) is 5.02 Å². The molecule has 2 aromatic carbocycles. The van der Waals surface area contributed by atoms with E-state index in [2.05, 4.69) is 5.32 Å². The number of carbonyl (C=O) groups is 2. The lowest BCUT2D eigenvalue weighted by atomic mass is 10.1. The maximum Gasteiger partial charge on any atom is 0.310 e. The van der Waals surface area contributed by atoms with Crippen LogP contribution in [0.4, 0.5) is 5.69 Å². The Morgan fingerprint density at radius 2 is 1.84 bits per heavy atom. The van der Waals surface area contributed by atoms with Gasteiger partial charge in [-0.3, -0.25) is 9.59 Å². The summed E-state index contributed by atoms with van der Waals surface area (Å²) in [5.74, 6) is 0.296. The van der Waals surface area contributed by atoms with Crippen molar-refractivity contribution in [3.8, 4) is 11.5 Å². The van der Waals surface area contributed by atoms with E-state index in [4.69, 9.17) is 25.8 Å². The van der Waals surface area contributed by atoms with Gasteiger partial charge in [0.1, 0.15) is 13.2 Å². The summed E-state index contributed by atoms with van der Waals surface area (Å²) >= 11 is 5.95. The Hall–Kier alpha value is -2.73. The van der Waals surface area contributed by atoms with E-state index in [1.54, 1.807) is 42.5 Å². The Morgan fingerprint density at radius 1 is 1.08 bits per heavy atom. The highest BCUT2D eigenvalue weighted by Gasteiger charge is 2.14. The van der Waals surface area contributed by atoms with Gasteiger partial charge in [-0.05, 0) is 29.8 Å². The molecule has 0 radical (unpaired) electrons. The number of hydrogen-bond acceptors (Lipinski definition) is 5. The number of carbonyl (C=O) groups excluding carboxylic acids is 2. The van der Waals surface area contributed by atoms with Gasteiger partial charge in [-0.25, -0.2) is 0 Å². The summed E-state index contributed by atoms with van der Waals surface area (Å²) in [6.07, 6.45) is 0.0377. The third-order valence-corrected chi connectivity index (χ3v) is 3.80. The van der Waals surface area contributed by atoms with Gasteiger partial charge in [0, 0.05) is 0 Å². The minimum absolute atomic E-state index is 0.0377. The molecule has 0 aliphatic carbocycles. The van der Waals surface area contributed by atoms with Crippen molar-refractivity contribution in [2.45, 2.75) is 6.42 Å². The molecule has 7 heteroatoms. The third kappa shape index (κ3) is 4.64. The first-order valence-corrected chi connectivity index (χ1v) is 8.08. The molecule has 1 N–H and O–H groups in total. The number of rotatable bonds is 5. The van der Waals surface area contributed by atoms with Gasteiger partial charge in [0.15, 0.2) is 18.1 Å². The summed E-state index contributed by atoms with van der Waals surface area (Å²) in [6.45, 7) is 0.604. The fourth-order valence-corrected chi connectivity index (χ4v) is 2.49. The Labute approximate surface area is 149 Å². The lowest BCUT2D eigenvalue weighted by Gasteiger charge is -2.18. The monoisotopic (exact) mass is 361 g/mol. The van der Waals surface area contributed by atoms with Crippen LogP contribution in [0.15, 0.2) is 42.5 Å². The highest BCUT2D eigenvalue weighted by Crippen LogP contribution is 2.30. The van der Waals surface area contributed by atoms with Gasteiger partial charge in [0.05, 0.1) is 17.1 Å². The van der Waals surface area contributed by atoms with Crippen LogP contribution >= 0.6 is 11.6 Å². The fourth-order valence-electron chi connectivity index (χ4n) is 2.31. The molecule has 1 amide bonds. The van der Waals surface area contributed by atoms with Crippen molar-refractivity contribution in [3.05, 3.63) is 53.1 Å². The largest absolute Gasteiger partial charge is 0.486 e. The average Bonchev–Trinajstić information content (AvgIpc) is 2.62. The molecular formula is C18H16ClNO5. The smallest absolute Gasteiger partial charge is 0.310 e. The Balaban J connectivity index is 1.49.